The van der Waals surface area contributed by atoms with E-state index in [0.29, 0.717) is 12.3 Å². The van der Waals surface area contributed by atoms with E-state index in [0.717, 1.165) is 51.2 Å². The quantitative estimate of drug-likeness (QED) is 0.783. The maximum atomic E-state index is 12.0. The van der Waals surface area contributed by atoms with Gasteiger partial charge in [0.25, 0.3) is 0 Å². The largest absolute Gasteiger partial charge is 0.497 e. The highest BCUT2D eigenvalue weighted by Crippen LogP contribution is 2.11. The zero-order valence-corrected chi connectivity index (χ0v) is 12.9. The average molecular weight is 290 g/mol. The molecule has 1 heterocycles. The van der Waals surface area contributed by atoms with Crippen LogP contribution in [0.2, 0.25) is 0 Å². The molecule has 0 atom stereocenters. The van der Waals surface area contributed by atoms with Gasteiger partial charge in [0.15, 0.2) is 0 Å². The number of amides is 1. The molecule has 1 fully saturated rings. The molecule has 0 aliphatic carbocycles. The van der Waals surface area contributed by atoms with Crippen molar-refractivity contribution in [2.75, 3.05) is 33.3 Å². The fourth-order valence-corrected chi connectivity index (χ4v) is 2.65. The second kappa shape index (κ2) is 8.67. The molecular weight excluding hydrogens is 264 g/mol. The third-order valence-corrected chi connectivity index (χ3v) is 3.97. The van der Waals surface area contributed by atoms with E-state index in [1.165, 1.54) is 12.0 Å². The Bertz CT molecular complexity index is 425. The summed E-state index contributed by atoms with van der Waals surface area (Å²) >= 11 is 0. The van der Waals surface area contributed by atoms with Crippen LogP contribution in [0.5, 0.6) is 5.75 Å². The summed E-state index contributed by atoms with van der Waals surface area (Å²) in [6, 6.07) is 8.13. The number of likely N-dealkylation sites (tertiary alicyclic amines) is 1. The normalized spacial score (nSPS) is 15.0. The van der Waals surface area contributed by atoms with E-state index < -0.39 is 0 Å². The second-order valence-electron chi connectivity index (χ2n) is 5.54. The van der Waals surface area contributed by atoms with Gasteiger partial charge < -0.3 is 15.0 Å². The van der Waals surface area contributed by atoms with Gasteiger partial charge >= 0.3 is 0 Å². The Morgan fingerprint density at radius 1 is 1.14 bits per heavy atom. The lowest BCUT2D eigenvalue weighted by Crippen LogP contribution is -2.37. The van der Waals surface area contributed by atoms with Crippen molar-refractivity contribution in [3.63, 3.8) is 0 Å². The lowest BCUT2D eigenvalue weighted by Gasteiger charge is -2.26. The summed E-state index contributed by atoms with van der Waals surface area (Å²) in [6.07, 6.45) is 5.18. The SMILES string of the molecule is COc1ccc(CCNCCC(=O)N2CCCCC2)cc1. The molecule has 1 aliphatic rings. The van der Waals surface area contributed by atoms with Crippen LogP contribution in [0.4, 0.5) is 0 Å². The van der Waals surface area contributed by atoms with Crippen LogP contribution >= 0.6 is 0 Å². The van der Waals surface area contributed by atoms with Gasteiger partial charge in [-0.1, -0.05) is 12.1 Å². The molecule has 21 heavy (non-hydrogen) atoms. The van der Waals surface area contributed by atoms with Gasteiger partial charge in [-0.2, -0.15) is 0 Å². The Hall–Kier alpha value is -1.55. The molecule has 1 saturated heterocycles. The molecule has 1 amide bonds. The Kier molecular flexibility index (Phi) is 6.54. The van der Waals surface area contributed by atoms with E-state index in [9.17, 15) is 4.79 Å². The molecule has 116 valence electrons. The van der Waals surface area contributed by atoms with Gasteiger partial charge in [-0.15, -0.1) is 0 Å². The summed E-state index contributed by atoms with van der Waals surface area (Å²) < 4.78 is 5.14. The molecule has 0 bridgehead atoms. The predicted molar refractivity (Wildman–Crippen MR) is 84.6 cm³/mol. The smallest absolute Gasteiger partial charge is 0.223 e. The van der Waals surface area contributed by atoms with Gasteiger partial charge in [-0.05, 0) is 49.9 Å². The van der Waals surface area contributed by atoms with Crippen molar-refractivity contribution in [1.29, 1.82) is 0 Å². The van der Waals surface area contributed by atoms with Crippen molar-refractivity contribution in [3.8, 4) is 5.75 Å². The summed E-state index contributed by atoms with van der Waals surface area (Å²) in [5, 5.41) is 3.35. The zero-order chi connectivity index (χ0) is 14.9. The number of nitrogens with one attached hydrogen (secondary N) is 1. The summed E-state index contributed by atoms with van der Waals surface area (Å²) in [4.78, 5) is 14.0. The van der Waals surface area contributed by atoms with Crippen LogP contribution < -0.4 is 10.1 Å². The minimum absolute atomic E-state index is 0.298. The van der Waals surface area contributed by atoms with Crippen molar-refractivity contribution >= 4 is 5.91 Å². The maximum Gasteiger partial charge on any atom is 0.223 e. The Morgan fingerprint density at radius 3 is 2.52 bits per heavy atom. The number of hydrogen-bond acceptors (Lipinski definition) is 3. The predicted octanol–water partition coefficient (Wildman–Crippen LogP) is 2.23. The first-order valence-corrected chi connectivity index (χ1v) is 7.91. The molecule has 4 nitrogen and oxygen atoms in total. The van der Waals surface area contributed by atoms with Crippen molar-refractivity contribution in [1.82, 2.24) is 10.2 Å². The lowest BCUT2D eigenvalue weighted by atomic mass is 10.1. The number of nitrogens with zero attached hydrogens (tertiary/aromatic N) is 1. The Morgan fingerprint density at radius 2 is 1.86 bits per heavy atom. The number of methoxy groups -OCH3 is 1. The molecular formula is C17H26N2O2. The molecule has 0 saturated carbocycles. The summed E-state index contributed by atoms with van der Waals surface area (Å²) in [6.45, 7) is 3.57. The lowest BCUT2D eigenvalue weighted by molar-refractivity contribution is -0.131. The standard InChI is InChI=1S/C17H26N2O2/c1-21-16-7-5-15(6-8-16)9-11-18-12-10-17(20)19-13-3-2-4-14-19/h5-8,18H,2-4,9-14H2,1H3. The molecule has 1 N–H and O–H groups in total. The highest BCUT2D eigenvalue weighted by Gasteiger charge is 2.15. The Balaban J connectivity index is 1.57. The summed E-state index contributed by atoms with van der Waals surface area (Å²) in [7, 11) is 1.68. The fraction of sp³-hybridized carbons (Fsp3) is 0.588. The zero-order valence-electron chi connectivity index (χ0n) is 12.9. The van der Waals surface area contributed by atoms with Crippen molar-refractivity contribution in [2.45, 2.75) is 32.1 Å². The molecule has 1 aromatic carbocycles. The molecule has 0 unspecified atom stereocenters. The van der Waals surface area contributed by atoms with Crippen LogP contribution in [0.1, 0.15) is 31.2 Å². The van der Waals surface area contributed by atoms with Crippen LogP contribution in [0, 0.1) is 0 Å². The topological polar surface area (TPSA) is 41.6 Å². The molecule has 1 aliphatic heterocycles. The Labute approximate surface area is 127 Å². The van der Waals surface area contributed by atoms with E-state index >= 15 is 0 Å². The van der Waals surface area contributed by atoms with Crippen LogP contribution in [0.3, 0.4) is 0 Å². The monoisotopic (exact) mass is 290 g/mol. The summed E-state index contributed by atoms with van der Waals surface area (Å²) in [5.41, 5.74) is 1.28. The number of carbonyl (C=O) groups excluding carboxylic acids is 1. The van der Waals surface area contributed by atoms with E-state index in [1.54, 1.807) is 7.11 Å². The van der Waals surface area contributed by atoms with E-state index in [1.807, 2.05) is 17.0 Å². The van der Waals surface area contributed by atoms with Crippen LogP contribution in [-0.2, 0) is 11.2 Å². The van der Waals surface area contributed by atoms with Gasteiger partial charge in [-0.25, -0.2) is 0 Å². The number of rotatable bonds is 7. The number of carbonyl (C=O) groups is 1. The molecule has 0 radical (unpaired) electrons. The van der Waals surface area contributed by atoms with Crippen LogP contribution in [0.25, 0.3) is 0 Å². The highest BCUT2D eigenvalue weighted by atomic mass is 16.5. The first-order chi connectivity index (χ1) is 10.3. The maximum absolute atomic E-state index is 12.0. The van der Waals surface area contributed by atoms with Crippen molar-refractivity contribution in [3.05, 3.63) is 29.8 Å². The molecule has 1 aromatic rings. The molecule has 0 spiro atoms. The first-order valence-electron chi connectivity index (χ1n) is 7.91. The van der Waals surface area contributed by atoms with E-state index in [4.69, 9.17) is 4.74 Å². The van der Waals surface area contributed by atoms with E-state index in [-0.39, 0.29) is 0 Å². The van der Waals surface area contributed by atoms with Crippen molar-refractivity contribution < 1.29 is 9.53 Å². The minimum Gasteiger partial charge on any atom is -0.497 e. The third-order valence-electron chi connectivity index (χ3n) is 3.97. The third kappa shape index (κ3) is 5.38. The molecule has 4 heteroatoms. The van der Waals surface area contributed by atoms with Gasteiger partial charge in [-0.3, -0.25) is 4.79 Å². The van der Waals surface area contributed by atoms with Gasteiger partial charge in [0, 0.05) is 26.1 Å². The van der Waals surface area contributed by atoms with Gasteiger partial charge in [0.1, 0.15) is 5.75 Å². The number of hydrogen-bond donors (Lipinski definition) is 1. The highest BCUT2D eigenvalue weighted by molar-refractivity contribution is 5.76. The van der Waals surface area contributed by atoms with Crippen LogP contribution in [-0.4, -0.2) is 44.1 Å². The average Bonchev–Trinajstić information content (AvgIpc) is 2.55. The molecule has 0 aromatic heterocycles. The number of benzene rings is 1. The first kappa shape index (κ1) is 15.8. The number of ether oxygens (including phenoxy) is 1. The minimum atomic E-state index is 0.298. The van der Waals surface area contributed by atoms with Crippen LogP contribution in [0.15, 0.2) is 24.3 Å². The molecule has 2 rings (SSSR count). The summed E-state index contributed by atoms with van der Waals surface area (Å²) in [5.74, 6) is 1.19. The van der Waals surface area contributed by atoms with Gasteiger partial charge in [0.2, 0.25) is 5.91 Å². The van der Waals surface area contributed by atoms with E-state index in [2.05, 4.69) is 17.4 Å². The fourth-order valence-electron chi connectivity index (χ4n) is 2.65. The number of piperidine rings is 1. The second-order valence-corrected chi connectivity index (χ2v) is 5.54. The van der Waals surface area contributed by atoms with Gasteiger partial charge in [0.05, 0.1) is 7.11 Å². The van der Waals surface area contributed by atoms with Crippen molar-refractivity contribution in [2.24, 2.45) is 0 Å².